The first-order valence-electron chi connectivity index (χ1n) is 11.2. The minimum atomic E-state index is -0.689. The molecule has 0 aliphatic carbocycles. The molecule has 0 fully saturated rings. The number of nitrogens with zero attached hydrogens (tertiary/aromatic N) is 2. The molecule has 2 atom stereocenters. The number of fused-ring (bicyclic) bond motifs is 3. The zero-order chi connectivity index (χ0) is 22.4. The maximum Gasteiger partial charge on any atom is 0.221 e. The molecule has 3 nitrogen and oxygen atoms in total. The fourth-order valence-electron chi connectivity index (χ4n) is 4.87. The van der Waals surface area contributed by atoms with E-state index in [0.717, 1.165) is 33.5 Å². The lowest BCUT2D eigenvalue weighted by atomic mass is 9.92. The summed E-state index contributed by atoms with van der Waals surface area (Å²) in [5.41, 5.74) is 6.25. The van der Waals surface area contributed by atoms with Gasteiger partial charge in [0, 0.05) is 28.9 Å². The van der Waals surface area contributed by atoms with Crippen molar-refractivity contribution in [1.29, 1.82) is 0 Å². The maximum absolute atomic E-state index is 6.62. The van der Waals surface area contributed by atoms with Crippen LogP contribution in [0.3, 0.4) is 0 Å². The highest BCUT2D eigenvalue weighted by Gasteiger charge is 2.48. The first-order chi connectivity index (χ1) is 16.1. The van der Waals surface area contributed by atoms with E-state index in [1.54, 1.807) is 0 Å². The molecule has 0 saturated heterocycles. The number of ether oxygens (including phenoxy) is 1. The SMILES string of the molecule is C[C@]1(c2ccc(Br)cc2)Oc2ccccc2[C@H]2CC(c3ccc(-c4ccccc4)cc3)=NN21. The zero-order valence-corrected chi connectivity index (χ0v) is 19.9. The van der Waals surface area contributed by atoms with Crippen LogP contribution >= 0.6 is 15.9 Å². The molecule has 0 unspecified atom stereocenters. The van der Waals surface area contributed by atoms with Gasteiger partial charge >= 0.3 is 0 Å². The van der Waals surface area contributed by atoms with E-state index in [1.807, 2.05) is 12.1 Å². The summed E-state index contributed by atoms with van der Waals surface area (Å²) >= 11 is 3.55. The van der Waals surface area contributed by atoms with E-state index in [1.165, 1.54) is 16.7 Å². The monoisotopic (exact) mass is 494 g/mol. The van der Waals surface area contributed by atoms with Crippen molar-refractivity contribution in [1.82, 2.24) is 5.01 Å². The maximum atomic E-state index is 6.62. The van der Waals surface area contributed by atoms with E-state index in [2.05, 4.69) is 119 Å². The topological polar surface area (TPSA) is 24.8 Å². The van der Waals surface area contributed by atoms with E-state index in [0.29, 0.717) is 0 Å². The van der Waals surface area contributed by atoms with Gasteiger partial charge in [0.1, 0.15) is 5.75 Å². The van der Waals surface area contributed by atoms with Gasteiger partial charge in [-0.2, -0.15) is 5.10 Å². The second-order valence-corrected chi connectivity index (χ2v) is 9.60. The molecule has 0 N–H and O–H groups in total. The highest BCUT2D eigenvalue weighted by molar-refractivity contribution is 9.10. The number of benzene rings is 4. The van der Waals surface area contributed by atoms with Crippen LogP contribution in [0.1, 0.15) is 36.1 Å². The summed E-state index contributed by atoms with van der Waals surface area (Å²) in [5, 5.41) is 7.30. The zero-order valence-electron chi connectivity index (χ0n) is 18.3. The van der Waals surface area contributed by atoms with Crippen LogP contribution in [0.2, 0.25) is 0 Å². The third kappa shape index (κ3) is 3.46. The van der Waals surface area contributed by atoms with E-state index in [9.17, 15) is 0 Å². The summed E-state index contributed by atoms with van der Waals surface area (Å²) in [6.45, 7) is 2.12. The van der Waals surface area contributed by atoms with Crippen LogP contribution in [0.5, 0.6) is 5.75 Å². The third-order valence-electron chi connectivity index (χ3n) is 6.64. The number of hydrazone groups is 1. The van der Waals surface area contributed by atoms with Crippen molar-refractivity contribution in [3.05, 3.63) is 124 Å². The lowest BCUT2D eigenvalue weighted by Gasteiger charge is -2.46. The summed E-state index contributed by atoms with van der Waals surface area (Å²) in [5.74, 6) is 0.931. The molecule has 4 aromatic rings. The highest BCUT2D eigenvalue weighted by atomic mass is 79.9. The fraction of sp³-hybridized carbons (Fsp3) is 0.138. The molecule has 4 aromatic carbocycles. The minimum Gasteiger partial charge on any atom is -0.462 e. The predicted octanol–water partition coefficient (Wildman–Crippen LogP) is 7.53. The van der Waals surface area contributed by atoms with Gasteiger partial charge in [0.25, 0.3) is 0 Å². The van der Waals surface area contributed by atoms with Gasteiger partial charge in [-0.15, -0.1) is 0 Å². The number of hydrogen-bond donors (Lipinski definition) is 0. The molecule has 0 radical (unpaired) electrons. The first-order valence-corrected chi connectivity index (χ1v) is 12.0. The second kappa shape index (κ2) is 7.89. The van der Waals surface area contributed by atoms with Gasteiger partial charge in [0.2, 0.25) is 5.72 Å². The Bertz CT molecular complexity index is 1330. The molecule has 4 heteroatoms. The summed E-state index contributed by atoms with van der Waals surface area (Å²) < 4.78 is 7.67. The normalized spacial score (nSPS) is 21.1. The average Bonchev–Trinajstić information content (AvgIpc) is 3.32. The lowest BCUT2D eigenvalue weighted by Crippen LogP contribution is -2.48. The Balaban J connectivity index is 1.40. The van der Waals surface area contributed by atoms with Crippen molar-refractivity contribution in [2.24, 2.45) is 5.10 Å². The van der Waals surface area contributed by atoms with E-state index in [4.69, 9.17) is 9.84 Å². The van der Waals surface area contributed by atoms with E-state index >= 15 is 0 Å². The van der Waals surface area contributed by atoms with Crippen LogP contribution in [0.25, 0.3) is 11.1 Å². The van der Waals surface area contributed by atoms with Gasteiger partial charge in [0.05, 0.1) is 11.8 Å². The van der Waals surface area contributed by atoms with Crippen molar-refractivity contribution < 1.29 is 4.74 Å². The molecule has 2 aliphatic rings. The quantitative estimate of drug-likeness (QED) is 0.294. The summed E-state index contributed by atoms with van der Waals surface area (Å²) in [6, 6.07) is 36.0. The average molecular weight is 495 g/mol. The molecular formula is C29H23BrN2O. The van der Waals surface area contributed by atoms with Crippen molar-refractivity contribution in [2.45, 2.75) is 25.1 Å². The molecular weight excluding hydrogens is 472 g/mol. The Morgan fingerprint density at radius 3 is 2.18 bits per heavy atom. The van der Waals surface area contributed by atoms with Crippen LogP contribution in [0.15, 0.2) is 113 Å². The van der Waals surface area contributed by atoms with Gasteiger partial charge in [-0.1, -0.05) is 101 Å². The van der Waals surface area contributed by atoms with Crippen LogP contribution < -0.4 is 4.74 Å². The van der Waals surface area contributed by atoms with Crippen molar-refractivity contribution in [3.8, 4) is 16.9 Å². The summed E-state index contributed by atoms with van der Waals surface area (Å²) in [6.07, 6.45) is 0.844. The Kier molecular flexibility index (Phi) is 4.84. The van der Waals surface area contributed by atoms with Gasteiger partial charge in [-0.05, 0) is 34.9 Å². The lowest BCUT2D eigenvalue weighted by molar-refractivity contribution is -0.112. The van der Waals surface area contributed by atoms with Crippen LogP contribution in [-0.4, -0.2) is 10.7 Å². The molecule has 2 aliphatic heterocycles. The third-order valence-corrected chi connectivity index (χ3v) is 7.17. The van der Waals surface area contributed by atoms with Crippen LogP contribution in [0.4, 0.5) is 0 Å². The van der Waals surface area contributed by atoms with Gasteiger partial charge in [-0.3, -0.25) is 0 Å². The van der Waals surface area contributed by atoms with Crippen molar-refractivity contribution in [3.63, 3.8) is 0 Å². The Morgan fingerprint density at radius 1 is 0.788 bits per heavy atom. The number of para-hydroxylation sites is 1. The molecule has 6 rings (SSSR count). The molecule has 162 valence electrons. The van der Waals surface area contributed by atoms with E-state index in [-0.39, 0.29) is 6.04 Å². The van der Waals surface area contributed by atoms with Gasteiger partial charge in [-0.25, -0.2) is 5.01 Å². The molecule has 0 saturated carbocycles. The molecule has 0 amide bonds. The van der Waals surface area contributed by atoms with Gasteiger partial charge in [0.15, 0.2) is 0 Å². The first kappa shape index (κ1) is 20.3. The Morgan fingerprint density at radius 2 is 1.42 bits per heavy atom. The number of rotatable bonds is 3. The smallest absolute Gasteiger partial charge is 0.221 e. The van der Waals surface area contributed by atoms with Crippen molar-refractivity contribution in [2.75, 3.05) is 0 Å². The van der Waals surface area contributed by atoms with Crippen molar-refractivity contribution >= 4 is 21.6 Å². The Labute approximate surface area is 202 Å². The Hall–Kier alpha value is -3.37. The van der Waals surface area contributed by atoms with Gasteiger partial charge < -0.3 is 4.74 Å². The van der Waals surface area contributed by atoms with E-state index < -0.39 is 5.72 Å². The molecule has 33 heavy (non-hydrogen) atoms. The van der Waals surface area contributed by atoms with Crippen LogP contribution in [0, 0.1) is 0 Å². The summed E-state index contributed by atoms with van der Waals surface area (Å²) in [7, 11) is 0. The molecule has 0 bridgehead atoms. The molecule has 0 spiro atoms. The second-order valence-electron chi connectivity index (χ2n) is 8.68. The largest absolute Gasteiger partial charge is 0.462 e. The number of halogens is 1. The fourth-order valence-corrected chi connectivity index (χ4v) is 5.13. The standard InChI is InChI=1S/C29H23BrN2O/c1-29(23-15-17-24(30)18-16-23)32-27(25-9-5-6-10-28(25)33-29)19-26(31-32)22-13-11-21(12-14-22)20-7-3-2-4-8-20/h2-18,27H,19H2,1H3/t27-,29-/m1/s1. The summed E-state index contributed by atoms with van der Waals surface area (Å²) in [4.78, 5) is 0. The van der Waals surface area contributed by atoms with Crippen LogP contribution in [-0.2, 0) is 5.72 Å². The minimum absolute atomic E-state index is 0.132. The molecule has 0 aromatic heterocycles. The predicted molar refractivity (Wildman–Crippen MR) is 136 cm³/mol. The number of hydrogen-bond acceptors (Lipinski definition) is 3. The highest BCUT2D eigenvalue weighted by Crippen LogP contribution is 2.50. The molecule has 2 heterocycles.